The monoisotopic (exact) mass is 482 g/mol. The number of carbonyl (C=O) groups excluding carboxylic acids is 1. The van der Waals surface area contributed by atoms with Crippen LogP contribution < -0.4 is 5.32 Å². The topological polar surface area (TPSA) is 59.8 Å². The van der Waals surface area contributed by atoms with Gasteiger partial charge >= 0.3 is 0 Å². The third-order valence-corrected chi connectivity index (χ3v) is 6.49. The molecular formula is C21H21Cl3N4OS. The van der Waals surface area contributed by atoms with Crippen molar-refractivity contribution in [2.45, 2.75) is 38.4 Å². The van der Waals surface area contributed by atoms with Gasteiger partial charge in [-0.1, -0.05) is 84.7 Å². The second-order valence-electron chi connectivity index (χ2n) is 6.91. The van der Waals surface area contributed by atoms with Crippen LogP contribution in [0.3, 0.4) is 0 Å². The van der Waals surface area contributed by atoms with Crippen molar-refractivity contribution < 1.29 is 4.79 Å². The van der Waals surface area contributed by atoms with E-state index in [0.717, 1.165) is 11.4 Å². The molecule has 1 amide bonds. The number of benzene rings is 2. The minimum atomic E-state index is -0.228. The van der Waals surface area contributed by atoms with Crippen molar-refractivity contribution in [3.8, 4) is 11.4 Å². The molecule has 0 saturated heterocycles. The number of aromatic nitrogens is 3. The molecule has 0 bridgehead atoms. The SMILES string of the molecule is CCn1c(SCC(=O)Nc2cc(Cl)c(Cl)cc2Cl)nnc1-c1ccc(C(C)C)cc1. The van der Waals surface area contributed by atoms with Gasteiger partial charge in [0, 0.05) is 12.1 Å². The summed E-state index contributed by atoms with van der Waals surface area (Å²) in [6, 6.07) is 11.4. The highest BCUT2D eigenvalue weighted by atomic mass is 35.5. The first-order valence-electron chi connectivity index (χ1n) is 9.40. The molecule has 0 radical (unpaired) electrons. The van der Waals surface area contributed by atoms with Gasteiger partial charge in [0.15, 0.2) is 11.0 Å². The fourth-order valence-corrected chi connectivity index (χ4v) is 4.24. The molecule has 0 saturated carbocycles. The lowest BCUT2D eigenvalue weighted by molar-refractivity contribution is -0.113. The van der Waals surface area contributed by atoms with E-state index in [0.29, 0.717) is 38.4 Å². The molecule has 3 aromatic rings. The molecule has 1 heterocycles. The van der Waals surface area contributed by atoms with Gasteiger partial charge in [-0.05, 0) is 30.5 Å². The fraction of sp³-hybridized carbons (Fsp3) is 0.286. The second-order valence-corrected chi connectivity index (χ2v) is 9.07. The van der Waals surface area contributed by atoms with Crippen molar-refractivity contribution in [3.63, 3.8) is 0 Å². The van der Waals surface area contributed by atoms with Gasteiger partial charge in [0.2, 0.25) is 5.91 Å². The number of amides is 1. The molecule has 158 valence electrons. The first kappa shape index (κ1) is 22.9. The Balaban J connectivity index is 1.70. The molecule has 0 spiro atoms. The molecule has 30 heavy (non-hydrogen) atoms. The zero-order valence-corrected chi connectivity index (χ0v) is 19.8. The van der Waals surface area contributed by atoms with Crippen LogP contribution in [-0.2, 0) is 11.3 Å². The second kappa shape index (κ2) is 10.1. The summed E-state index contributed by atoms with van der Waals surface area (Å²) in [7, 11) is 0. The maximum atomic E-state index is 12.4. The van der Waals surface area contributed by atoms with E-state index in [1.165, 1.54) is 29.5 Å². The number of anilines is 1. The first-order valence-corrected chi connectivity index (χ1v) is 11.5. The smallest absolute Gasteiger partial charge is 0.234 e. The maximum Gasteiger partial charge on any atom is 0.234 e. The van der Waals surface area contributed by atoms with Crippen molar-refractivity contribution in [1.82, 2.24) is 14.8 Å². The number of thioether (sulfide) groups is 1. The Labute approximate surface area is 195 Å². The fourth-order valence-electron chi connectivity index (χ4n) is 2.85. The number of nitrogens with one attached hydrogen (secondary N) is 1. The summed E-state index contributed by atoms with van der Waals surface area (Å²) in [6.07, 6.45) is 0. The summed E-state index contributed by atoms with van der Waals surface area (Å²) in [4.78, 5) is 12.4. The summed E-state index contributed by atoms with van der Waals surface area (Å²) in [6.45, 7) is 7.04. The van der Waals surface area contributed by atoms with Gasteiger partial charge in [0.1, 0.15) is 0 Å². The van der Waals surface area contributed by atoms with E-state index < -0.39 is 0 Å². The number of carbonyl (C=O) groups is 1. The van der Waals surface area contributed by atoms with Gasteiger partial charge in [-0.25, -0.2) is 0 Å². The van der Waals surface area contributed by atoms with E-state index in [9.17, 15) is 4.79 Å². The van der Waals surface area contributed by atoms with Crippen molar-refractivity contribution in [3.05, 3.63) is 57.0 Å². The van der Waals surface area contributed by atoms with Gasteiger partial charge < -0.3 is 9.88 Å². The van der Waals surface area contributed by atoms with Gasteiger partial charge in [-0.15, -0.1) is 10.2 Å². The van der Waals surface area contributed by atoms with E-state index in [4.69, 9.17) is 34.8 Å². The molecule has 2 aromatic carbocycles. The molecule has 0 aliphatic rings. The van der Waals surface area contributed by atoms with Crippen molar-refractivity contribution in [2.75, 3.05) is 11.1 Å². The molecule has 0 aliphatic heterocycles. The molecule has 3 rings (SSSR count). The summed E-state index contributed by atoms with van der Waals surface area (Å²) < 4.78 is 1.99. The van der Waals surface area contributed by atoms with Crippen molar-refractivity contribution >= 4 is 58.2 Å². The van der Waals surface area contributed by atoms with Crippen LogP contribution in [-0.4, -0.2) is 26.4 Å². The number of halogens is 3. The van der Waals surface area contributed by atoms with Gasteiger partial charge in [-0.2, -0.15) is 0 Å². The summed E-state index contributed by atoms with van der Waals surface area (Å²) >= 11 is 19.4. The van der Waals surface area contributed by atoms with E-state index >= 15 is 0 Å². The van der Waals surface area contributed by atoms with Crippen LogP contribution in [0.5, 0.6) is 0 Å². The highest BCUT2D eigenvalue weighted by Gasteiger charge is 2.16. The molecule has 1 aromatic heterocycles. The van der Waals surface area contributed by atoms with Crippen LogP contribution in [0.1, 0.15) is 32.3 Å². The summed E-state index contributed by atoms with van der Waals surface area (Å²) in [5.41, 5.74) is 2.68. The van der Waals surface area contributed by atoms with Crippen LogP contribution in [0.2, 0.25) is 15.1 Å². The lowest BCUT2D eigenvalue weighted by Crippen LogP contribution is -2.15. The lowest BCUT2D eigenvalue weighted by atomic mass is 10.0. The highest BCUT2D eigenvalue weighted by Crippen LogP contribution is 2.32. The number of nitrogens with zero attached hydrogens (tertiary/aromatic N) is 3. The number of hydrogen-bond donors (Lipinski definition) is 1. The Kier molecular flexibility index (Phi) is 7.69. The van der Waals surface area contributed by atoms with Crippen LogP contribution in [0.25, 0.3) is 11.4 Å². The first-order chi connectivity index (χ1) is 14.3. The van der Waals surface area contributed by atoms with Crippen molar-refractivity contribution in [2.24, 2.45) is 0 Å². The van der Waals surface area contributed by atoms with Gasteiger partial charge in [0.25, 0.3) is 0 Å². The average Bonchev–Trinajstić information content (AvgIpc) is 3.13. The van der Waals surface area contributed by atoms with E-state index in [1.807, 2.05) is 11.5 Å². The molecule has 0 aliphatic carbocycles. The minimum absolute atomic E-state index is 0.154. The standard InChI is InChI=1S/C21H21Cl3N4OS/c1-4-28-20(14-7-5-13(6-8-14)12(2)3)26-27-21(28)30-11-19(29)25-18-10-16(23)15(22)9-17(18)24/h5-10,12H,4,11H2,1-3H3,(H,25,29). The highest BCUT2D eigenvalue weighted by molar-refractivity contribution is 7.99. The Hall–Kier alpha value is -1.73. The van der Waals surface area contributed by atoms with E-state index in [1.54, 1.807) is 0 Å². The van der Waals surface area contributed by atoms with Crippen molar-refractivity contribution in [1.29, 1.82) is 0 Å². The molecule has 1 N–H and O–H groups in total. The maximum absolute atomic E-state index is 12.4. The number of hydrogen-bond acceptors (Lipinski definition) is 4. The zero-order valence-electron chi connectivity index (χ0n) is 16.7. The minimum Gasteiger partial charge on any atom is -0.324 e. The van der Waals surface area contributed by atoms with Crippen LogP contribution in [0.4, 0.5) is 5.69 Å². The normalized spacial score (nSPS) is 11.2. The molecule has 0 atom stereocenters. The van der Waals surface area contributed by atoms with E-state index in [-0.39, 0.29) is 11.7 Å². The van der Waals surface area contributed by atoms with Gasteiger partial charge in [-0.3, -0.25) is 4.79 Å². The third kappa shape index (κ3) is 5.30. The largest absolute Gasteiger partial charge is 0.324 e. The molecule has 5 nitrogen and oxygen atoms in total. The van der Waals surface area contributed by atoms with Crippen LogP contribution in [0.15, 0.2) is 41.6 Å². The van der Waals surface area contributed by atoms with Crippen LogP contribution >= 0.6 is 46.6 Å². The summed E-state index contributed by atoms with van der Waals surface area (Å²) in [5, 5.41) is 13.0. The third-order valence-electron chi connectivity index (χ3n) is 4.49. The van der Waals surface area contributed by atoms with Crippen LogP contribution in [0, 0.1) is 0 Å². The quantitative estimate of drug-likeness (QED) is 0.297. The Bertz CT molecular complexity index is 1050. The van der Waals surface area contributed by atoms with Gasteiger partial charge in [0.05, 0.1) is 26.5 Å². The van der Waals surface area contributed by atoms with E-state index in [2.05, 4.69) is 53.6 Å². The predicted octanol–water partition coefficient (Wildman–Crippen LogP) is 6.78. The average molecular weight is 484 g/mol. The Morgan fingerprint density at radius 2 is 1.73 bits per heavy atom. The molecule has 0 fully saturated rings. The predicted molar refractivity (Wildman–Crippen MR) is 126 cm³/mol. The molecular weight excluding hydrogens is 463 g/mol. The molecule has 0 unspecified atom stereocenters. The lowest BCUT2D eigenvalue weighted by Gasteiger charge is -2.10. The summed E-state index contributed by atoms with van der Waals surface area (Å²) in [5.74, 6) is 1.18. The number of rotatable bonds is 7. The Morgan fingerprint density at radius 1 is 1.07 bits per heavy atom. The Morgan fingerprint density at radius 3 is 2.37 bits per heavy atom. The zero-order chi connectivity index (χ0) is 21.8. The molecule has 9 heteroatoms.